The summed E-state index contributed by atoms with van der Waals surface area (Å²) < 4.78 is 11.0. The molecule has 0 aliphatic carbocycles. The number of carbonyl (C=O) groups excluding carboxylic acids is 4. The number of fused-ring (bicyclic) bond motifs is 2. The molecule has 0 bridgehead atoms. The van der Waals surface area contributed by atoms with E-state index in [9.17, 15) is 19.2 Å². The summed E-state index contributed by atoms with van der Waals surface area (Å²) >= 11 is 0. The molecule has 0 saturated heterocycles. The van der Waals surface area contributed by atoms with Crippen LogP contribution in [-0.2, 0) is 0 Å². The van der Waals surface area contributed by atoms with E-state index >= 15 is 0 Å². The molecule has 0 aliphatic rings. The Morgan fingerprint density at radius 2 is 0.631 bits per heavy atom. The van der Waals surface area contributed by atoms with Gasteiger partial charge in [-0.25, -0.2) is 19.9 Å². The van der Waals surface area contributed by atoms with Crippen LogP contribution in [0.3, 0.4) is 0 Å². The van der Waals surface area contributed by atoms with Crippen LogP contribution in [0.15, 0.2) is 243 Å². The maximum atomic E-state index is 12.3. The molecule has 10 aromatic carbocycles. The Hall–Kier alpha value is -11.6. The topological polar surface area (TPSA) is 242 Å². The molecular formula is C70H54N8O6. The number of ketones is 4. The van der Waals surface area contributed by atoms with E-state index in [0.717, 1.165) is 78.4 Å². The highest BCUT2D eigenvalue weighted by Gasteiger charge is 2.22. The van der Waals surface area contributed by atoms with Crippen molar-refractivity contribution < 1.29 is 28.7 Å². The van der Waals surface area contributed by atoms with Crippen LogP contribution in [0.2, 0.25) is 0 Å². The highest BCUT2D eigenvalue weighted by atomic mass is 16.5. The smallest absolute Gasteiger partial charge is 0.233 e. The first-order valence-corrected chi connectivity index (χ1v) is 26.5. The first-order chi connectivity index (χ1) is 40.8. The van der Waals surface area contributed by atoms with E-state index in [1.807, 2.05) is 60.7 Å². The number of methoxy groups -OCH3 is 1. The predicted octanol–water partition coefficient (Wildman–Crippen LogP) is 14.2. The lowest BCUT2D eigenvalue weighted by molar-refractivity contribution is 0.0814. The molecule has 2 heterocycles. The Kier molecular flexibility index (Phi) is 16.7. The molecule has 410 valence electrons. The molecule has 12 aromatic rings. The number of anilines is 4. The van der Waals surface area contributed by atoms with Gasteiger partial charge in [-0.1, -0.05) is 176 Å². The predicted molar refractivity (Wildman–Crippen MR) is 333 cm³/mol. The molecule has 0 aliphatic heterocycles. The van der Waals surface area contributed by atoms with Crippen LogP contribution < -0.4 is 32.4 Å². The molecule has 14 nitrogen and oxygen atoms in total. The summed E-state index contributed by atoms with van der Waals surface area (Å²) in [6.07, 6.45) is 0. The van der Waals surface area contributed by atoms with Crippen LogP contribution >= 0.6 is 0 Å². The molecule has 0 radical (unpaired) electrons. The van der Waals surface area contributed by atoms with Gasteiger partial charge in [0.15, 0.2) is 0 Å². The second-order valence-electron chi connectivity index (χ2n) is 19.3. The molecule has 0 amide bonds. The van der Waals surface area contributed by atoms with E-state index in [-0.39, 0.29) is 11.1 Å². The van der Waals surface area contributed by atoms with Crippen LogP contribution in [0.4, 0.5) is 22.7 Å². The SMILES string of the molecule is COc1ccc2nc(-c3ccc(-c4nc5ccc(C)cc5nc4-c4ccccc4)cc3)c(-c3ccccc3)nc2c1.Nc1ccc(Oc2ccc(N)c(N)c2)cc1N.O=C(C(=O)c1ccc(C(=O)C(=O)c2ccccc2)cc1)c1ccccc1. The number of nitrogen functional groups attached to an aromatic ring is 4. The van der Waals surface area contributed by atoms with E-state index in [1.165, 1.54) is 24.3 Å². The van der Waals surface area contributed by atoms with Crippen molar-refractivity contribution in [3.63, 3.8) is 0 Å². The van der Waals surface area contributed by atoms with Gasteiger partial charge in [0.05, 0.1) is 74.7 Å². The summed E-state index contributed by atoms with van der Waals surface area (Å²) in [6, 6.07) is 72.9. The van der Waals surface area contributed by atoms with E-state index in [1.54, 1.807) is 104 Å². The summed E-state index contributed by atoms with van der Waals surface area (Å²) in [5, 5.41) is 0. The maximum absolute atomic E-state index is 12.3. The van der Waals surface area contributed by atoms with Crippen molar-refractivity contribution in [3.8, 4) is 62.3 Å². The van der Waals surface area contributed by atoms with Crippen molar-refractivity contribution in [3.05, 3.63) is 270 Å². The van der Waals surface area contributed by atoms with Crippen LogP contribution in [-0.4, -0.2) is 50.2 Å². The molecule has 14 heteroatoms. The lowest BCUT2D eigenvalue weighted by Gasteiger charge is -2.13. The number of benzene rings is 10. The highest BCUT2D eigenvalue weighted by molar-refractivity contribution is 6.50. The van der Waals surface area contributed by atoms with Crippen molar-refractivity contribution in [2.75, 3.05) is 30.0 Å². The van der Waals surface area contributed by atoms with E-state index < -0.39 is 23.1 Å². The Morgan fingerprint density at radius 1 is 0.310 bits per heavy atom. The van der Waals surface area contributed by atoms with Crippen molar-refractivity contribution in [2.24, 2.45) is 0 Å². The van der Waals surface area contributed by atoms with Crippen molar-refractivity contribution >= 4 is 67.9 Å². The number of Topliss-reactive ketones (excluding diaryl/α,β-unsaturated/α-hetero) is 4. The number of ether oxygens (including phenoxy) is 2. The van der Waals surface area contributed by atoms with Gasteiger partial charge in [0.25, 0.3) is 0 Å². The van der Waals surface area contributed by atoms with Gasteiger partial charge >= 0.3 is 0 Å². The highest BCUT2D eigenvalue weighted by Crippen LogP contribution is 2.36. The summed E-state index contributed by atoms with van der Waals surface area (Å²) in [4.78, 5) is 69.2. The normalized spacial score (nSPS) is 10.6. The minimum atomic E-state index is -0.662. The number of hydrogen-bond acceptors (Lipinski definition) is 14. The van der Waals surface area contributed by atoms with Gasteiger partial charge in [0.1, 0.15) is 17.2 Å². The zero-order valence-electron chi connectivity index (χ0n) is 45.6. The van der Waals surface area contributed by atoms with Crippen molar-refractivity contribution in [2.45, 2.75) is 6.92 Å². The molecule has 0 unspecified atom stereocenters. The third-order valence-corrected chi connectivity index (χ3v) is 13.5. The monoisotopic (exact) mass is 1100 g/mol. The third kappa shape index (κ3) is 12.8. The molecule has 0 saturated carbocycles. The lowest BCUT2D eigenvalue weighted by Crippen LogP contribution is -2.16. The van der Waals surface area contributed by atoms with Crippen LogP contribution in [0.25, 0.3) is 67.1 Å². The van der Waals surface area contributed by atoms with Crippen LogP contribution in [0.5, 0.6) is 17.2 Å². The van der Waals surface area contributed by atoms with Crippen LogP contribution in [0, 0.1) is 6.92 Å². The van der Waals surface area contributed by atoms with Gasteiger partial charge in [-0.3, -0.25) is 19.2 Å². The van der Waals surface area contributed by atoms with Crippen LogP contribution in [0.1, 0.15) is 47.0 Å². The molecule has 2 aromatic heterocycles. The number of nitrogens with two attached hydrogens (primary N) is 4. The second-order valence-corrected chi connectivity index (χ2v) is 19.3. The minimum absolute atomic E-state index is 0.169. The first kappa shape index (κ1) is 55.7. The Morgan fingerprint density at radius 3 is 1.01 bits per heavy atom. The van der Waals surface area contributed by atoms with Crippen molar-refractivity contribution in [1.82, 2.24) is 19.9 Å². The minimum Gasteiger partial charge on any atom is -0.497 e. The molecule has 8 N–H and O–H groups in total. The first-order valence-electron chi connectivity index (χ1n) is 26.5. The zero-order chi connectivity index (χ0) is 58.7. The number of carbonyl (C=O) groups is 4. The quantitative estimate of drug-likeness (QED) is 0.0477. The number of nitrogens with zero attached hydrogens (tertiary/aromatic N) is 4. The van der Waals surface area contributed by atoms with E-state index in [2.05, 4.69) is 67.6 Å². The zero-order valence-corrected chi connectivity index (χ0v) is 45.6. The molecule has 12 rings (SSSR count). The number of hydrogen-bond donors (Lipinski definition) is 4. The van der Waals surface area contributed by atoms with Gasteiger partial charge in [-0.05, 0) is 61.0 Å². The van der Waals surface area contributed by atoms with E-state index in [4.69, 9.17) is 52.3 Å². The Bertz CT molecular complexity index is 4250. The number of aromatic nitrogens is 4. The second kappa shape index (κ2) is 25.2. The molecular weight excluding hydrogens is 1050 g/mol. The number of aryl methyl sites for hydroxylation is 1. The van der Waals surface area contributed by atoms with E-state index in [0.29, 0.717) is 45.4 Å². The Balaban J connectivity index is 0.000000156. The fourth-order valence-electron chi connectivity index (χ4n) is 8.95. The summed E-state index contributed by atoms with van der Waals surface area (Å²) in [5.74, 6) is -0.616. The largest absolute Gasteiger partial charge is 0.497 e. The third-order valence-electron chi connectivity index (χ3n) is 13.5. The van der Waals surface area contributed by atoms with Gasteiger partial charge in [-0.2, -0.15) is 0 Å². The molecule has 0 atom stereocenters. The maximum Gasteiger partial charge on any atom is 0.233 e. The summed E-state index contributed by atoms with van der Waals surface area (Å²) in [7, 11) is 1.66. The van der Waals surface area contributed by atoms with Gasteiger partial charge in [-0.15, -0.1) is 0 Å². The standard InChI is InChI=1S/C36H26N4O.C22H14O4.C12H14N4O/c1-23-13-19-29-31(21-23)39-33(24-9-5-3-6-10-24)35(37-29)26-14-16-27(17-15-26)36-34(25-11-7-4-8-12-25)40-32-22-28(41-2)18-20-30(32)38-36;23-19(15-7-3-1-4-8-15)21(25)17-11-13-18(14-12-17)22(26)20(24)16-9-5-2-6-10-16;13-9-3-1-7(5-11(9)15)17-8-2-4-10(14)12(16)6-8/h3-22H,1-2H3;1-14H;1-6H,13-16H2. The average Bonchev–Trinajstić information content (AvgIpc) is 3.32. The fraction of sp³-hybridized carbons (Fsp3) is 0.0286. The molecule has 84 heavy (non-hydrogen) atoms. The summed E-state index contributed by atoms with van der Waals surface area (Å²) in [6.45, 7) is 2.08. The Labute approximate surface area is 484 Å². The van der Waals surface area contributed by atoms with Gasteiger partial charge in [0.2, 0.25) is 23.1 Å². The number of rotatable bonds is 13. The lowest BCUT2D eigenvalue weighted by atomic mass is 9.97. The summed E-state index contributed by atoms with van der Waals surface area (Å²) in [5.41, 5.74) is 37.4. The molecule has 0 spiro atoms. The fourth-order valence-corrected chi connectivity index (χ4v) is 8.95. The van der Waals surface area contributed by atoms with Gasteiger partial charge < -0.3 is 32.4 Å². The average molecular weight is 1100 g/mol. The van der Waals surface area contributed by atoms with Gasteiger partial charge in [0, 0.05) is 62.7 Å². The van der Waals surface area contributed by atoms with Crippen molar-refractivity contribution in [1.29, 1.82) is 0 Å². The molecule has 0 fully saturated rings.